The highest BCUT2D eigenvalue weighted by atomic mass is 32.2. The van der Waals surface area contributed by atoms with Crippen LogP contribution in [0.4, 0.5) is 0 Å². The average Bonchev–Trinajstić information content (AvgIpc) is 3.47. The highest BCUT2D eigenvalue weighted by molar-refractivity contribution is 7.89. The van der Waals surface area contributed by atoms with Crippen molar-refractivity contribution in [3.63, 3.8) is 0 Å². The fourth-order valence-electron chi connectivity index (χ4n) is 3.75. The van der Waals surface area contributed by atoms with E-state index in [1.54, 1.807) is 12.1 Å². The second-order valence-electron chi connectivity index (χ2n) is 7.95. The molecule has 2 aliphatic rings. The fraction of sp³-hybridized carbons (Fsp3) is 0.650. The maximum absolute atomic E-state index is 12.9. The van der Waals surface area contributed by atoms with Gasteiger partial charge in [-0.2, -0.15) is 4.31 Å². The zero-order chi connectivity index (χ0) is 19.1. The first kappa shape index (κ1) is 19.4. The van der Waals surface area contributed by atoms with Crippen molar-refractivity contribution in [2.24, 2.45) is 11.8 Å². The van der Waals surface area contributed by atoms with Gasteiger partial charge in [0, 0.05) is 32.1 Å². The summed E-state index contributed by atoms with van der Waals surface area (Å²) in [6.45, 7) is 6.85. The lowest BCUT2D eigenvalue weighted by atomic mass is 9.96. The molecule has 0 spiro atoms. The molecule has 3 rings (SSSR count). The maximum atomic E-state index is 12.9. The summed E-state index contributed by atoms with van der Waals surface area (Å²) < 4.78 is 27.3. The quantitative estimate of drug-likeness (QED) is 0.791. The summed E-state index contributed by atoms with van der Waals surface area (Å²) in [5, 5.41) is 0. The van der Waals surface area contributed by atoms with E-state index in [4.69, 9.17) is 0 Å². The SMILES string of the molecule is Cc1ccc(S(=O)(=O)N2CCC(C(=O)N(C)C(C)C3CC3)CC2)cc1C. The molecule has 1 amide bonds. The second kappa shape index (κ2) is 7.31. The van der Waals surface area contributed by atoms with Crippen LogP contribution in [0.15, 0.2) is 23.1 Å². The number of hydrogen-bond acceptors (Lipinski definition) is 3. The van der Waals surface area contributed by atoms with Gasteiger partial charge in [-0.15, -0.1) is 0 Å². The molecule has 144 valence electrons. The third kappa shape index (κ3) is 3.81. The molecule has 1 aliphatic heterocycles. The molecule has 1 saturated carbocycles. The monoisotopic (exact) mass is 378 g/mol. The summed E-state index contributed by atoms with van der Waals surface area (Å²) in [4.78, 5) is 15.0. The van der Waals surface area contributed by atoms with Crippen molar-refractivity contribution in [1.29, 1.82) is 0 Å². The van der Waals surface area contributed by atoms with Crippen LogP contribution in [0.25, 0.3) is 0 Å². The molecule has 1 aliphatic carbocycles. The number of benzene rings is 1. The number of carbonyl (C=O) groups is 1. The Morgan fingerprint density at radius 1 is 1.12 bits per heavy atom. The standard InChI is InChI=1S/C20H30N2O3S/c1-14-5-8-19(13-15(14)2)26(24,25)22-11-9-18(10-12-22)20(23)21(4)16(3)17-6-7-17/h5,8,13,16-18H,6-7,9-12H2,1-4H3. The van der Waals surface area contributed by atoms with Gasteiger partial charge in [0.1, 0.15) is 0 Å². The summed E-state index contributed by atoms with van der Waals surface area (Å²) in [5.74, 6) is 0.759. The third-order valence-corrected chi connectivity index (χ3v) is 8.08. The molecular formula is C20H30N2O3S. The molecule has 1 atom stereocenters. The van der Waals surface area contributed by atoms with Crippen LogP contribution in [0.5, 0.6) is 0 Å². The van der Waals surface area contributed by atoms with Gasteiger partial charge in [-0.1, -0.05) is 6.07 Å². The second-order valence-corrected chi connectivity index (χ2v) is 9.89. The van der Waals surface area contributed by atoms with Crippen molar-refractivity contribution in [3.8, 4) is 0 Å². The highest BCUT2D eigenvalue weighted by Crippen LogP contribution is 2.35. The fourth-order valence-corrected chi connectivity index (χ4v) is 5.31. The van der Waals surface area contributed by atoms with E-state index in [9.17, 15) is 13.2 Å². The summed E-state index contributed by atoms with van der Waals surface area (Å²) in [5.41, 5.74) is 2.06. The van der Waals surface area contributed by atoms with Gasteiger partial charge in [-0.05, 0) is 75.6 Å². The van der Waals surface area contributed by atoms with Crippen LogP contribution < -0.4 is 0 Å². The average molecular weight is 379 g/mol. The zero-order valence-corrected chi connectivity index (χ0v) is 17.1. The largest absolute Gasteiger partial charge is 0.343 e. The van der Waals surface area contributed by atoms with Crippen LogP contribution in [0.3, 0.4) is 0 Å². The predicted octanol–water partition coefficient (Wildman–Crippen LogP) is 2.96. The summed E-state index contributed by atoms with van der Waals surface area (Å²) in [7, 11) is -1.59. The Morgan fingerprint density at radius 2 is 1.73 bits per heavy atom. The Labute approximate surface area is 157 Å². The first-order valence-electron chi connectivity index (χ1n) is 9.56. The lowest BCUT2D eigenvalue weighted by Crippen LogP contribution is -2.46. The van der Waals surface area contributed by atoms with Crippen LogP contribution in [-0.4, -0.2) is 49.7 Å². The minimum Gasteiger partial charge on any atom is -0.343 e. The van der Waals surface area contributed by atoms with Gasteiger partial charge in [-0.3, -0.25) is 4.79 Å². The highest BCUT2D eigenvalue weighted by Gasteiger charge is 2.37. The number of carbonyl (C=O) groups excluding carboxylic acids is 1. The summed E-state index contributed by atoms with van der Waals surface area (Å²) in [6.07, 6.45) is 3.63. The first-order chi connectivity index (χ1) is 12.2. The molecule has 2 fully saturated rings. The van der Waals surface area contributed by atoms with Gasteiger partial charge in [0.2, 0.25) is 15.9 Å². The van der Waals surface area contributed by atoms with E-state index in [2.05, 4.69) is 6.92 Å². The summed E-state index contributed by atoms with van der Waals surface area (Å²) in [6, 6.07) is 5.57. The van der Waals surface area contributed by atoms with Gasteiger partial charge >= 0.3 is 0 Å². The van der Waals surface area contributed by atoms with Crippen molar-refractivity contribution in [2.75, 3.05) is 20.1 Å². The molecule has 0 radical (unpaired) electrons. The Balaban J connectivity index is 1.63. The smallest absolute Gasteiger partial charge is 0.243 e. The lowest BCUT2D eigenvalue weighted by Gasteiger charge is -2.34. The number of piperidine rings is 1. The van der Waals surface area contributed by atoms with Gasteiger partial charge in [0.25, 0.3) is 0 Å². The van der Waals surface area contributed by atoms with Crippen LogP contribution in [0.2, 0.25) is 0 Å². The van der Waals surface area contributed by atoms with Gasteiger partial charge in [-0.25, -0.2) is 8.42 Å². The minimum atomic E-state index is -3.48. The summed E-state index contributed by atoms with van der Waals surface area (Å²) >= 11 is 0. The van der Waals surface area contributed by atoms with Gasteiger partial charge in [0.15, 0.2) is 0 Å². The van der Waals surface area contributed by atoms with Crippen LogP contribution >= 0.6 is 0 Å². The Hall–Kier alpha value is -1.40. The Morgan fingerprint density at radius 3 is 2.27 bits per heavy atom. The molecule has 26 heavy (non-hydrogen) atoms. The van der Waals surface area contributed by atoms with E-state index >= 15 is 0 Å². The van der Waals surface area contributed by atoms with E-state index in [0.717, 1.165) is 11.1 Å². The lowest BCUT2D eigenvalue weighted by molar-refractivity contribution is -0.137. The Kier molecular flexibility index (Phi) is 5.45. The zero-order valence-electron chi connectivity index (χ0n) is 16.2. The van der Waals surface area contributed by atoms with Crippen molar-refractivity contribution in [3.05, 3.63) is 29.3 Å². The first-order valence-corrected chi connectivity index (χ1v) is 11.0. The number of nitrogens with zero attached hydrogens (tertiary/aromatic N) is 2. The van der Waals surface area contributed by atoms with E-state index in [1.165, 1.54) is 17.1 Å². The third-order valence-electron chi connectivity index (χ3n) is 6.18. The predicted molar refractivity (Wildman–Crippen MR) is 102 cm³/mol. The Bertz CT molecular complexity index is 778. The van der Waals surface area contributed by atoms with Crippen LogP contribution in [0.1, 0.15) is 43.7 Å². The number of aryl methyl sites for hydroxylation is 2. The number of rotatable bonds is 5. The van der Waals surface area contributed by atoms with E-state index in [0.29, 0.717) is 42.8 Å². The van der Waals surface area contributed by atoms with Crippen molar-refractivity contribution >= 4 is 15.9 Å². The van der Waals surface area contributed by atoms with E-state index in [1.807, 2.05) is 31.9 Å². The van der Waals surface area contributed by atoms with Crippen molar-refractivity contribution in [2.45, 2.75) is 57.4 Å². The van der Waals surface area contributed by atoms with Gasteiger partial charge in [0.05, 0.1) is 4.90 Å². The van der Waals surface area contributed by atoms with Crippen molar-refractivity contribution in [1.82, 2.24) is 9.21 Å². The van der Waals surface area contributed by atoms with E-state index < -0.39 is 10.0 Å². The number of hydrogen-bond donors (Lipinski definition) is 0. The molecule has 1 heterocycles. The molecule has 1 aromatic rings. The molecule has 6 heteroatoms. The molecule has 0 bridgehead atoms. The minimum absolute atomic E-state index is 0.0626. The van der Waals surface area contributed by atoms with Crippen LogP contribution in [0, 0.1) is 25.7 Å². The maximum Gasteiger partial charge on any atom is 0.243 e. The number of sulfonamides is 1. The van der Waals surface area contributed by atoms with Crippen LogP contribution in [-0.2, 0) is 14.8 Å². The van der Waals surface area contributed by atoms with E-state index in [-0.39, 0.29) is 11.8 Å². The molecule has 5 nitrogen and oxygen atoms in total. The topological polar surface area (TPSA) is 57.7 Å². The molecule has 0 aromatic heterocycles. The molecular weight excluding hydrogens is 348 g/mol. The number of amides is 1. The van der Waals surface area contributed by atoms with Crippen molar-refractivity contribution < 1.29 is 13.2 Å². The molecule has 0 N–H and O–H groups in total. The molecule has 1 unspecified atom stereocenters. The van der Waals surface area contributed by atoms with Gasteiger partial charge < -0.3 is 4.90 Å². The normalized spacial score (nSPS) is 20.8. The molecule has 1 saturated heterocycles. The molecule has 1 aromatic carbocycles.